The highest BCUT2D eigenvalue weighted by Gasteiger charge is 2.04. The Kier molecular flexibility index (Phi) is 4.33. The summed E-state index contributed by atoms with van der Waals surface area (Å²) in [6, 6.07) is 5.88. The summed E-state index contributed by atoms with van der Waals surface area (Å²) >= 11 is 8.97. The summed E-state index contributed by atoms with van der Waals surface area (Å²) in [6.45, 7) is 1.98. The minimum atomic E-state index is 0.642. The van der Waals surface area contributed by atoms with Crippen molar-refractivity contribution in [3.05, 3.63) is 46.7 Å². The maximum atomic E-state index is 6.02. The fourth-order valence-electron chi connectivity index (χ4n) is 1.57. The van der Waals surface area contributed by atoms with Crippen LogP contribution in [0, 0.1) is 6.92 Å². The van der Waals surface area contributed by atoms with Gasteiger partial charge >= 0.3 is 0 Å². The number of hydrogen-bond acceptors (Lipinski definition) is 7. The summed E-state index contributed by atoms with van der Waals surface area (Å²) in [6.07, 6.45) is 3.39. The summed E-state index contributed by atoms with van der Waals surface area (Å²) in [4.78, 5) is 9.76. The van der Waals surface area contributed by atoms with E-state index >= 15 is 0 Å². The average Bonchev–Trinajstić information content (AvgIpc) is 2.98. The van der Waals surface area contributed by atoms with E-state index in [4.69, 9.17) is 11.6 Å². The molecule has 5 nitrogen and oxygen atoms in total. The molecule has 0 saturated carbocycles. The number of anilines is 2. The van der Waals surface area contributed by atoms with Gasteiger partial charge in [0.15, 0.2) is 5.82 Å². The third-order valence-electron chi connectivity index (χ3n) is 2.58. The largest absolute Gasteiger partial charge is 0.313 e. The first-order valence-corrected chi connectivity index (χ1v) is 8.07. The van der Waals surface area contributed by atoms with E-state index in [1.807, 2.05) is 25.1 Å². The molecular formula is C13H10ClN5S2. The third-order valence-corrected chi connectivity index (χ3v) is 4.52. The average molecular weight is 336 g/mol. The van der Waals surface area contributed by atoms with Crippen LogP contribution in [0.5, 0.6) is 0 Å². The number of rotatable bonds is 4. The van der Waals surface area contributed by atoms with Gasteiger partial charge in [0.2, 0.25) is 5.13 Å². The van der Waals surface area contributed by atoms with E-state index in [1.165, 1.54) is 11.3 Å². The zero-order chi connectivity index (χ0) is 14.7. The second-order valence-electron chi connectivity index (χ2n) is 4.12. The third kappa shape index (κ3) is 3.69. The molecule has 0 aliphatic carbocycles. The number of aromatic nitrogens is 4. The van der Waals surface area contributed by atoms with Crippen LogP contribution in [0.3, 0.4) is 0 Å². The van der Waals surface area contributed by atoms with Gasteiger partial charge in [-0.05, 0) is 30.7 Å². The normalized spacial score (nSPS) is 10.6. The van der Waals surface area contributed by atoms with Gasteiger partial charge in [0.1, 0.15) is 10.5 Å². The Bertz CT molecular complexity index is 731. The lowest BCUT2D eigenvalue weighted by Crippen LogP contribution is -1.94. The number of nitrogens with one attached hydrogen (secondary N) is 1. The molecule has 2 heterocycles. The Balaban J connectivity index is 1.70. The first-order chi connectivity index (χ1) is 10.2. The van der Waals surface area contributed by atoms with Crippen LogP contribution in [-0.4, -0.2) is 20.2 Å². The van der Waals surface area contributed by atoms with E-state index in [1.54, 1.807) is 29.7 Å². The molecule has 0 aliphatic rings. The van der Waals surface area contributed by atoms with Crippen LogP contribution in [0.1, 0.15) is 5.56 Å². The number of benzene rings is 1. The summed E-state index contributed by atoms with van der Waals surface area (Å²) in [5, 5.41) is 13.0. The molecule has 1 aromatic carbocycles. The van der Waals surface area contributed by atoms with Crippen LogP contribution in [0.2, 0.25) is 5.02 Å². The molecule has 21 heavy (non-hydrogen) atoms. The molecule has 2 aromatic heterocycles. The maximum Gasteiger partial charge on any atom is 0.211 e. The highest BCUT2D eigenvalue weighted by molar-refractivity contribution is 7.99. The van der Waals surface area contributed by atoms with Gasteiger partial charge < -0.3 is 5.32 Å². The van der Waals surface area contributed by atoms with Crippen LogP contribution in [0.25, 0.3) is 0 Å². The molecule has 0 amide bonds. The highest BCUT2D eigenvalue weighted by atomic mass is 35.5. The molecule has 0 spiro atoms. The Labute approximate surface area is 134 Å². The van der Waals surface area contributed by atoms with Crippen molar-refractivity contribution in [2.45, 2.75) is 16.8 Å². The van der Waals surface area contributed by atoms with Crippen molar-refractivity contribution in [1.29, 1.82) is 0 Å². The molecule has 0 aliphatic heterocycles. The highest BCUT2D eigenvalue weighted by Crippen LogP contribution is 2.29. The fourth-order valence-corrected chi connectivity index (χ4v) is 2.97. The Morgan fingerprint density at radius 1 is 1.24 bits per heavy atom. The molecule has 0 saturated heterocycles. The Morgan fingerprint density at radius 3 is 2.81 bits per heavy atom. The molecule has 0 unspecified atom stereocenters. The predicted octanol–water partition coefficient (Wildman–Crippen LogP) is 4.18. The number of nitrogens with zero attached hydrogens (tertiary/aromatic N) is 4. The standard InChI is InChI=1S/C13H10ClN5S2/c1-8-4-9(2-3-10(8)14)21-12-6-15-11(5-16-12)18-13-19-17-7-20-13/h2-7H,1H3,(H,15,18,19). The van der Waals surface area contributed by atoms with E-state index in [0.717, 1.165) is 20.5 Å². The molecule has 3 rings (SSSR count). The van der Waals surface area contributed by atoms with Crippen molar-refractivity contribution in [3.8, 4) is 0 Å². The van der Waals surface area contributed by atoms with Gasteiger partial charge in [0, 0.05) is 9.92 Å². The zero-order valence-corrected chi connectivity index (χ0v) is 13.3. The van der Waals surface area contributed by atoms with E-state index in [9.17, 15) is 0 Å². The van der Waals surface area contributed by atoms with Crippen LogP contribution < -0.4 is 5.32 Å². The van der Waals surface area contributed by atoms with Crippen molar-refractivity contribution in [2.24, 2.45) is 0 Å². The smallest absolute Gasteiger partial charge is 0.211 e. The van der Waals surface area contributed by atoms with E-state index < -0.39 is 0 Å². The Morgan fingerprint density at radius 2 is 2.14 bits per heavy atom. The first-order valence-electron chi connectivity index (χ1n) is 6.00. The topological polar surface area (TPSA) is 63.6 Å². The SMILES string of the molecule is Cc1cc(Sc2cnc(Nc3nncs3)cn2)ccc1Cl. The van der Waals surface area contributed by atoms with E-state index in [-0.39, 0.29) is 0 Å². The van der Waals surface area contributed by atoms with Gasteiger partial charge in [-0.15, -0.1) is 10.2 Å². The summed E-state index contributed by atoms with van der Waals surface area (Å²) in [5.41, 5.74) is 2.70. The molecule has 0 fully saturated rings. The van der Waals surface area contributed by atoms with Crippen molar-refractivity contribution in [2.75, 3.05) is 5.32 Å². The number of halogens is 1. The van der Waals surface area contributed by atoms with E-state index in [2.05, 4.69) is 25.5 Å². The van der Waals surface area contributed by atoms with Crippen LogP contribution in [0.15, 0.2) is 46.0 Å². The van der Waals surface area contributed by atoms with Gasteiger partial charge in [-0.25, -0.2) is 9.97 Å². The molecule has 0 bridgehead atoms. The lowest BCUT2D eigenvalue weighted by Gasteiger charge is -2.04. The predicted molar refractivity (Wildman–Crippen MR) is 85.5 cm³/mol. The molecule has 106 valence electrons. The van der Waals surface area contributed by atoms with Crippen molar-refractivity contribution < 1.29 is 0 Å². The zero-order valence-electron chi connectivity index (χ0n) is 10.9. The van der Waals surface area contributed by atoms with E-state index in [0.29, 0.717) is 10.9 Å². The van der Waals surface area contributed by atoms with Crippen LogP contribution in [0.4, 0.5) is 10.9 Å². The molecule has 1 N–H and O–H groups in total. The number of aryl methyl sites for hydroxylation is 1. The molecule has 8 heteroatoms. The molecular weight excluding hydrogens is 326 g/mol. The van der Waals surface area contributed by atoms with Gasteiger partial charge in [0.25, 0.3) is 0 Å². The maximum absolute atomic E-state index is 6.02. The lowest BCUT2D eigenvalue weighted by molar-refractivity contribution is 1.05. The minimum absolute atomic E-state index is 0.642. The minimum Gasteiger partial charge on any atom is -0.313 e. The number of hydrogen-bond donors (Lipinski definition) is 1. The van der Waals surface area contributed by atoms with Crippen LogP contribution >= 0.6 is 34.7 Å². The van der Waals surface area contributed by atoms with Crippen molar-refractivity contribution in [1.82, 2.24) is 20.2 Å². The summed E-state index contributed by atoms with van der Waals surface area (Å²) in [5.74, 6) is 0.642. The quantitative estimate of drug-likeness (QED) is 0.771. The molecule has 3 aromatic rings. The van der Waals surface area contributed by atoms with Crippen molar-refractivity contribution >= 4 is 45.6 Å². The van der Waals surface area contributed by atoms with Gasteiger partial charge in [0.05, 0.1) is 12.4 Å². The summed E-state index contributed by atoms with van der Waals surface area (Å²) < 4.78 is 0. The van der Waals surface area contributed by atoms with Gasteiger partial charge in [-0.3, -0.25) is 0 Å². The second-order valence-corrected chi connectivity index (χ2v) is 6.46. The second kappa shape index (κ2) is 6.38. The van der Waals surface area contributed by atoms with Gasteiger partial charge in [-0.2, -0.15) is 0 Å². The van der Waals surface area contributed by atoms with Crippen molar-refractivity contribution in [3.63, 3.8) is 0 Å². The Hall–Kier alpha value is -1.70. The van der Waals surface area contributed by atoms with Crippen LogP contribution in [-0.2, 0) is 0 Å². The van der Waals surface area contributed by atoms with Gasteiger partial charge in [-0.1, -0.05) is 34.7 Å². The summed E-state index contributed by atoms with van der Waals surface area (Å²) in [7, 11) is 0. The lowest BCUT2D eigenvalue weighted by atomic mass is 10.2. The fraction of sp³-hybridized carbons (Fsp3) is 0.0769. The monoisotopic (exact) mass is 335 g/mol. The molecule has 0 atom stereocenters. The molecule has 0 radical (unpaired) electrons. The first kappa shape index (κ1) is 14.2.